The van der Waals surface area contributed by atoms with Crippen molar-refractivity contribution in [2.24, 2.45) is 0 Å². The number of nitrogens with zero attached hydrogens (tertiary/aromatic N) is 2. The predicted octanol–water partition coefficient (Wildman–Crippen LogP) is 4.24. The van der Waals surface area contributed by atoms with Crippen molar-refractivity contribution in [3.05, 3.63) is 52.1 Å². The number of anilines is 2. The second kappa shape index (κ2) is 7.94. The summed E-state index contributed by atoms with van der Waals surface area (Å²) in [6, 6.07) is 10.7. The Kier molecular flexibility index (Phi) is 5.68. The molecule has 0 radical (unpaired) electrons. The molecule has 24 heavy (non-hydrogen) atoms. The predicted molar refractivity (Wildman–Crippen MR) is 108 cm³/mol. The molecule has 6 heteroatoms. The van der Waals surface area contributed by atoms with E-state index in [2.05, 4.69) is 60.7 Å². The van der Waals surface area contributed by atoms with Crippen molar-refractivity contribution in [2.75, 3.05) is 23.3 Å². The zero-order valence-electron chi connectivity index (χ0n) is 13.7. The molecule has 1 aromatic carbocycles. The van der Waals surface area contributed by atoms with Crippen molar-refractivity contribution < 1.29 is 0 Å². The molecule has 0 bridgehead atoms. The summed E-state index contributed by atoms with van der Waals surface area (Å²) in [6.07, 6.45) is 4.41. The van der Waals surface area contributed by atoms with Crippen LogP contribution in [-0.2, 0) is 6.54 Å². The van der Waals surface area contributed by atoms with E-state index in [1.54, 1.807) is 0 Å². The van der Waals surface area contributed by atoms with Gasteiger partial charge in [0.15, 0.2) is 5.11 Å². The highest BCUT2D eigenvalue weighted by Crippen LogP contribution is 2.21. The number of nitrogens with one attached hydrogen (secondary N) is 2. The summed E-state index contributed by atoms with van der Waals surface area (Å²) in [5.41, 5.74) is 3.62. The Hall–Kier alpha value is -1.66. The summed E-state index contributed by atoms with van der Waals surface area (Å²) < 4.78 is 0.904. The van der Waals surface area contributed by atoms with E-state index in [0.29, 0.717) is 11.7 Å². The Morgan fingerprint density at radius 2 is 1.96 bits per heavy atom. The number of hydrogen-bond acceptors (Lipinski definition) is 3. The molecule has 1 saturated heterocycles. The van der Waals surface area contributed by atoms with Crippen LogP contribution in [0.1, 0.15) is 24.0 Å². The quantitative estimate of drug-likeness (QED) is 0.745. The van der Waals surface area contributed by atoms with Crippen molar-refractivity contribution in [1.29, 1.82) is 0 Å². The molecule has 0 aliphatic carbocycles. The van der Waals surface area contributed by atoms with Crippen molar-refractivity contribution in [1.82, 2.24) is 10.3 Å². The maximum atomic E-state index is 5.35. The summed E-state index contributed by atoms with van der Waals surface area (Å²) in [6.45, 7) is 5.04. The number of thiocarbonyl (C=S) groups is 1. The van der Waals surface area contributed by atoms with Crippen LogP contribution >= 0.6 is 28.1 Å². The van der Waals surface area contributed by atoms with E-state index in [1.807, 2.05) is 19.2 Å². The van der Waals surface area contributed by atoms with E-state index in [4.69, 9.17) is 12.2 Å². The van der Waals surface area contributed by atoms with Crippen LogP contribution < -0.4 is 15.5 Å². The highest BCUT2D eigenvalue weighted by atomic mass is 79.9. The van der Waals surface area contributed by atoms with Gasteiger partial charge in [-0.1, -0.05) is 12.1 Å². The molecule has 0 spiro atoms. The lowest BCUT2D eigenvalue weighted by Gasteiger charge is -2.18. The fourth-order valence-electron chi connectivity index (χ4n) is 2.76. The van der Waals surface area contributed by atoms with Crippen LogP contribution in [0.5, 0.6) is 0 Å². The zero-order chi connectivity index (χ0) is 16.9. The van der Waals surface area contributed by atoms with Gasteiger partial charge >= 0.3 is 0 Å². The number of rotatable bonds is 4. The number of pyridine rings is 1. The smallest absolute Gasteiger partial charge is 0.172 e. The van der Waals surface area contributed by atoms with E-state index < -0.39 is 0 Å². The van der Waals surface area contributed by atoms with Crippen LogP contribution in [0.25, 0.3) is 0 Å². The molecule has 4 nitrogen and oxygen atoms in total. The van der Waals surface area contributed by atoms with Crippen molar-refractivity contribution in [3.8, 4) is 0 Å². The molecular weight excluding hydrogens is 384 g/mol. The zero-order valence-corrected chi connectivity index (χ0v) is 16.1. The Bertz CT molecular complexity index is 711. The normalized spacial score (nSPS) is 13.8. The third-order valence-electron chi connectivity index (χ3n) is 4.07. The summed E-state index contributed by atoms with van der Waals surface area (Å²) >= 11 is 8.84. The highest BCUT2D eigenvalue weighted by molar-refractivity contribution is 9.10. The first-order valence-corrected chi connectivity index (χ1v) is 9.33. The van der Waals surface area contributed by atoms with Gasteiger partial charge in [-0.15, -0.1) is 0 Å². The second-order valence-electron chi connectivity index (χ2n) is 6.01. The molecule has 3 rings (SSSR count). The molecular formula is C18H21BrN4S. The molecule has 0 saturated carbocycles. The number of aryl methyl sites for hydroxylation is 1. The maximum absolute atomic E-state index is 5.35. The van der Waals surface area contributed by atoms with Crippen LogP contribution in [0.2, 0.25) is 0 Å². The second-order valence-corrected chi connectivity index (χ2v) is 7.27. The summed E-state index contributed by atoms with van der Waals surface area (Å²) in [5.74, 6) is 0.725. The first-order chi connectivity index (χ1) is 11.6. The highest BCUT2D eigenvalue weighted by Gasteiger charge is 2.11. The molecule has 0 amide bonds. The molecule has 1 aromatic heterocycles. The number of hydrogen-bond donors (Lipinski definition) is 2. The SMILES string of the molecule is Cc1cnc(NC(=S)NCc2ccc(N3CCCC3)cc2)c(Br)c1. The van der Waals surface area contributed by atoms with Gasteiger partial charge in [0.2, 0.25) is 0 Å². The fourth-order valence-corrected chi connectivity index (χ4v) is 3.49. The van der Waals surface area contributed by atoms with E-state index >= 15 is 0 Å². The van der Waals surface area contributed by atoms with Crippen molar-refractivity contribution in [2.45, 2.75) is 26.3 Å². The van der Waals surface area contributed by atoms with Gasteiger partial charge in [-0.25, -0.2) is 4.98 Å². The summed E-state index contributed by atoms with van der Waals surface area (Å²) in [4.78, 5) is 6.77. The summed E-state index contributed by atoms with van der Waals surface area (Å²) in [5, 5.41) is 6.91. The molecule has 0 unspecified atom stereocenters. The molecule has 1 aliphatic rings. The van der Waals surface area contributed by atoms with Gasteiger partial charge in [-0.05, 0) is 77.2 Å². The minimum absolute atomic E-state index is 0.565. The van der Waals surface area contributed by atoms with Crippen molar-refractivity contribution >= 4 is 44.8 Å². The van der Waals surface area contributed by atoms with Crippen LogP contribution in [-0.4, -0.2) is 23.2 Å². The number of aromatic nitrogens is 1. The van der Waals surface area contributed by atoms with E-state index in [-0.39, 0.29) is 0 Å². The Balaban J connectivity index is 1.52. The van der Waals surface area contributed by atoms with Crippen LogP contribution in [0.4, 0.5) is 11.5 Å². The first kappa shape index (κ1) is 17.2. The average molecular weight is 405 g/mol. The van der Waals surface area contributed by atoms with Gasteiger partial charge in [-0.3, -0.25) is 0 Å². The first-order valence-electron chi connectivity index (χ1n) is 8.13. The summed E-state index contributed by atoms with van der Waals surface area (Å²) in [7, 11) is 0. The molecule has 0 atom stereocenters. The molecule has 126 valence electrons. The Morgan fingerprint density at radius 3 is 2.62 bits per heavy atom. The Morgan fingerprint density at radius 1 is 1.25 bits per heavy atom. The van der Waals surface area contributed by atoms with Crippen LogP contribution in [0.3, 0.4) is 0 Å². The number of benzene rings is 1. The van der Waals surface area contributed by atoms with Gasteiger partial charge in [0.05, 0.1) is 4.47 Å². The maximum Gasteiger partial charge on any atom is 0.172 e. The van der Waals surface area contributed by atoms with Gasteiger partial charge < -0.3 is 15.5 Å². The van der Waals surface area contributed by atoms with Crippen molar-refractivity contribution in [3.63, 3.8) is 0 Å². The standard InChI is InChI=1S/C18H21BrN4S/c1-13-10-16(19)17(20-11-13)22-18(24)21-12-14-4-6-15(7-5-14)23-8-2-3-9-23/h4-7,10-11H,2-3,8-9,12H2,1H3,(H2,20,21,22,24). The monoisotopic (exact) mass is 404 g/mol. The lowest BCUT2D eigenvalue weighted by atomic mass is 10.2. The minimum Gasteiger partial charge on any atom is -0.372 e. The topological polar surface area (TPSA) is 40.2 Å². The fraction of sp³-hybridized carbons (Fsp3) is 0.333. The Labute approximate surface area is 156 Å². The minimum atomic E-state index is 0.565. The molecule has 1 fully saturated rings. The third-order valence-corrected chi connectivity index (χ3v) is 4.92. The molecule has 2 N–H and O–H groups in total. The third kappa shape index (κ3) is 4.45. The molecule has 2 aromatic rings. The van der Waals surface area contributed by atoms with Crippen LogP contribution in [0, 0.1) is 6.92 Å². The lowest BCUT2D eigenvalue weighted by molar-refractivity contribution is 0.920. The lowest BCUT2D eigenvalue weighted by Crippen LogP contribution is -2.28. The van der Waals surface area contributed by atoms with E-state index in [9.17, 15) is 0 Å². The van der Waals surface area contributed by atoms with Gasteiger partial charge in [-0.2, -0.15) is 0 Å². The number of halogens is 1. The van der Waals surface area contributed by atoms with E-state index in [1.165, 1.54) is 37.2 Å². The van der Waals surface area contributed by atoms with Gasteiger partial charge in [0.25, 0.3) is 0 Å². The molecule has 1 aliphatic heterocycles. The largest absolute Gasteiger partial charge is 0.372 e. The van der Waals surface area contributed by atoms with E-state index in [0.717, 1.165) is 15.9 Å². The van der Waals surface area contributed by atoms with Crippen LogP contribution in [0.15, 0.2) is 41.0 Å². The van der Waals surface area contributed by atoms with Gasteiger partial charge in [0.1, 0.15) is 5.82 Å². The molecule has 2 heterocycles. The average Bonchev–Trinajstić information content (AvgIpc) is 3.11. The van der Waals surface area contributed by atoms with Gasteiger partial charge in [0, 0.05) is 31.5 Å².